The van der Waals surface area contributed by atoms with Crippen molar-refractivity contribution in [1.29, 1.82) is 0 Å². The Morgan fingerprint density at radius 3 is 2.38 bits per heavy atom. The molecule has 0 aromatic carbocycles. The fourth-order valence-electron chi connectivity index (χ4n) is 1.06. The van der Waals surface area contributed by atoms with Gasteiger partial charge in [-0.15, -0.1) is 0 Å². The van der Waals surface area contributed by atoms with Gasteiger partial charge < -0.3 is 5.73 Å². The monoisotopic (exact) mass is 113 g/mol. The van der Waals surface area contributed by atoms with E-state index in [0.29, 0.717) is 24.5 Å². The van der Waals surface area contributed by atoms with Crippen molar-refractivity contribution in [2.45, 2.75) is 25.8 Å². The highest BCUT2D eigenvalue weighted by molar-refractivity contribution is 5.81. The van der Waals surface area contributed by atoms with Crippen molar-refractivity contribution < 1.29 is 4.79 Å². The molecule has 2 unspecified atom stereocenters. The summed E-state index contributed by atoms with van der Waals surface area (Å²) in [7, 11) is 0. The Morgan fingerprint density at radius 2 is 2.25 bits per heavy atom. The maximum absolute atomic E-state index is 10.6. The van der Waals surface area contributed by atoms with Gasteiger partial charge in [-0.25, -0.2) is 0 Å². The van der Waals surface area contributed by atoms with E-state index in [-0.39, 0.29) is 6.04 Å². The predicted molar refractivity (Wildman–Crippen MR) is 31.4 cm³/mol. The zero-order chi connectivity index (χ0) is 6.15. The summed E-state index contributed by atoms with van der Waals surface area (Å²) >= 11 is 0. The van der Waals surface area contributed by atoms with Gasteiger partial charge in [0.15, 0.2) is 0 Å². The van der Waals surface area contributed by atoms with Crippen LogP contribution < -0.4 is 5.73 Å². The predicted octanol–water partition coefficient (Wildman–Crippen LogP) is 0.313. The van der Waals surface area contributed by atoms with Crippen LogP contribution in [0, 0.1) is 5.92 Å². The summed E-state index contributed by atoms with van der Waals surface area (Å²) in [5.74, 6) is 0.743. The maximum atomic E-state index is 10.6. The van der Waals surface area contributed by atoms with Crippen molar-refractivity contribution in [3.8, 4) is 0 Å². The molecule has 46 valence electrons. The van der Waals surface area contributed by atoms with E-state index in [4.69, 9.17) is 5.73 Å². The van der Waals surface area contributed by atoms with Gasteiger partial charge in [0.05, 0.1) is 0 Å². The molecule has 8 heavy (non-hydrogen) atoms. The Labute approximate surface area is 49.1 Å². The average molecular weight is 113 g/mol. The molecule has 0 saturated heterocycles. The second-order valence-corrected chi connectivity index (χ2v) is 2.59. The first-order valence-electron chi connectivity index (χ1n) is 2.97. The van der Waals surface area contributed by atoms with E-state index < -0.39 is 0 Å². The number of hydrogen-bond acceptors (Lipinski definition) is 2. The van der Waals surface area contributed by atoms with Crippen LogP contribution in [0.2, 0.25) is 0 Å². The normalized spacial score (nSPS) is 38.5. The molecule has 1 aliphatic carbocycles. The van der Waals surface area contributed by atoms with Crippen LogP contribution in [-0.2, 0) is 4.79 Å². The lowest BCUT2D eigenvalue weighted by molar-refractivity contribution is -0.117. The topological polar surface area (TPSA) is 43.1 Å². The van der Waals surface area contributed by atoms with Crippen LogP contribution in [-0.4, -0.2) is 11.8 Å². The van der Waals surface area contributed by atoms with Gasteiger partial charge in [0.1, 0.15) is 5.78 Å². The zero-order valence-electron chi connectivity index (χ0n) is 5.05. The summed E-state index contributed by atoms with van der Waals surface area (Å²) < 4.78 is 0. The third kappa shape index (κ3) is 0.892. The Morgan fingerprint density at radius 1 is 1.62 bits per heavy atom. The van der Waals surface area contributed by atoms with Gasteiger partial charge in [-0.2, -0.15) is 0 Å². The molecule has 2 N–H and O–H groups in total. The number of hydrogen-bond donors (Lipinski definition) is 1. The van der Waals surface area contributed by atoms with Gasteiger partial charge in [0.2, 0.25) is 0 Å². The van der Waals surface area contributed by atoms with Gasteiger partial charge in [0, 0.05) is 18.9 Å². The number of carbonyl (C=O) groups excluding carboxylic acids is 1. The highest BCUT2D eigenvalue weighted by atomic mass is 16.1. The fourth-order valence-corrected chi connectivity index (χ4v) is 1.06. The Kier molecular flexibility index (Phi) is 1.34. The summed E-state index contributed by atoms with van der Waals surface area (Å²) in [6.07, 6.45) is 1.29. The van der Waals surface area contributed by atoms with Gasteiger partial charge >= 0.3 is 0 Å². The SMILES string of the molecule is CC1CC(=O)CC1N. The number of rotatable bonds is 0. The fraction of sp³-hybridized carbons (Fsp3) is 0.833. The third-order valence-corrected chi connectivity index (χ3v) is 1.74. The van der Waals surface area contributed by atoms with E-state index in [1.54, 1.807) is 0 Å². The molecular formula is C6H11NO. The number of ketones is 1. The highest BCUT2D eigenvalue weighted by Crippen LogP contribution is 2.19. The lowest BCUT2D eigenvalue weighted by atomic mass is 10.1. The van der Waals surface area contributed by atoms with Crippen LogP contribution in [0.5, 0.6) is 0 Å². The van der Waals surface area contributed by atoms with Crippen LogP contribution in [0.15, 0.2) is 0 Å². The summed E-state index contributed by atoms with van der Waals surface area (Å²) in [6, 6.07) is 0.141. The second-order valence-electron chi connectivity index (χ2n) is 2.59. The molecule has 1 aliphatic rings. The van der Waals surface area contributed by atoms with Gasteiger partial charge in [0.25, 0.3) is 0 Å². The Bertz CT molecular complexity index is 99.1. The molecular weight excluding hydrogens is 102 g/mol. The minimum Gasteiger partial charge on any atom is -0.327 e. The van der Waals surface area contributed by atoms with Crippen molar-refractivity contribution in [2.75, 3.05) is 0 Å². The molecule has 0 heterocycles. The van der Waals surface area contributed by atoms with E-state index in [9.17, 15) is 4.79 Å². The number of Topliss-reactive ketones (excluding diaryl/α,β-unsaturated/α-hetero) is 1. The lowest BCUT2D eigenvalue weighted by Crippen LogP contribution is -2.21. The first kappa shape index (κ1) is 5.76. The van der Waals surface area contributed by atoms with Crippen LogP contribution in [0.25, 0.3) is 0 Å². The molecule has 1 saturated carbocycles. The smallest absolute Gasteiger partial charge is 0.134 e. The van der Waals surface area contributed by atoms with Gasteiger partial charge in [-0.1, -0.05) is 6.92 Å². The lowest BCUT2D eigenvalue weighted by Gasteiger charge is -2.04. The van der Waals surface area contributed by atoms with Crippen molar-refractivity contribution in [3.63, 3.8) is 0 Å². The van der Waals surface area contributed by atoms with E-state index in [2.05, 4.69) is 0 Å². The van der Waals surface area contributed by atoms with Crippen LogP contribution in [0.3, 0.4) is 0 Å². The molecule has 2 heteroatoms. The molecule has 1 fully saturated rings. The minimum absolute atomic E-state index is 0.141. The van der Waals surface area contributed by atoms with Gasteiger partial charge in [-0.05, 0) is 5.92 Å². The van der Waals surface area contributed by atoms with E-state index in [1.165, 1.54) is 0 Å². The van der Waals surface area contributed by atoms with E-state index in [1.807, 2.05) is 6.92 Å². The number of nitrogens with two attached hydrogens (primary N) is 1. The Balaban J connectivity index is 2.51. The minimum atomic E-state index is 0.141. The molecule has 0 amide bonds. The van der Waals surface area contributed by atoms with Gasteiger partial charge in [-0.3, -0.25) is 4.79 Å². The average Bonchev–Trinajstić information content (AvgIpc) is 1.85. The van der Waals surface area contributed by atoms with Crippen molar-refractivity contribution in [3.05, 3.63) is 0 Å². The van der Waals surface area contributed by atoms with E-state index in [0.717, 1.165) is 0 Å². The second kappa shape index (κ2) is 1.86. The van der Waals surface area contributed by atoms with Crippen molar-refractivity contribution >= 4 is 5.78 Å². The first-order chi connectivity index (χ1) is 3.70. The molecule has 2 nitrogen and oxygen atoms in total. The molecule has 0 aromatic rings. The number of carbonyl (C=O) groups is 1. The summed E-state index contributed by atoms with van der Waals surface area (Å²) in [6.45, 7) is 2.02. The van der Waals surface area contributed by atoms with Crippen LogP contribution in [0.1, 0.15) is 19.8 Å². The Hall–Kier alpha value is -0.370. The van der Waals surface area contributed by atoms with Crippen LogP contribution in [0.4, 0.5) is 0 Å². The molecule has 0 aliphatic heterocycles. The first-order valence-corrected chi connectivity index (χ1v) is 2.97. The van der Waals surface area contributed by atoms with Crippen LogP contribution >= 0.6 is 0 Å². The standard InChI is InChI=1S/C6H11NO/c1-4-2-5(8)3-6(4)7/h4,6H,2-3,7H2,1H3. The summed E-state index contributed by atoms with van der Waals surface area (Å²) in [5, 5.41) is 0. The third-order valence-electron chi connectivity index (χ3n) is 1.74. The molecule has 2 atom stereocenters. The molecule has 0 aromatic heterocycles. The van der Waals surface area contributed by atoms with Crippen molar-refractivity contribution in [1.82, 2.24) is 0 Å². The zero-order valence-corrected chi connectivity index (χ0v) is 5.05. The molecule has 0 spiro atoms. The molecule has 0 bridgehead atoms. The molecule has 1 rings (SSSR count). The van der Waals surface area contributed by atoms with E-state index >= 15 is 0 Å². The largest absolute Gasteiger partial charge is 0.327 e. The maximum Gasteiger partial charge on any atom is 0.134 e. The summed E-state index contributed by atoms with van der Waals surface area (Å²) in [4.78, 5) is 10.6. The highest BCUT2D eigenvalue weighted by Gasteiger charge is 2.25. The summed E-state index contributed by atoms with van der Waals surface area (Å²) in [5.41, 5.74) is 5.55. The molecule has 0 radical (unpaired) electrons. The quantitative estimate of drug-likeness (QED) is 0.491. The van der Waals surface area contributed by atoms with Crippen molar-refractivity contribution in [2.24, 2.45) is 11.7 Å².